The van der Waals surface area contributed by atoms with Crippen molar-refractivity contribution in [1.29, 1.82) is 0 Å². The predicted molar refractivity (Wildman–Crippen MR) is 233 cm³/mol. The minimum absolute atomic E-state index is 0.0635. The molecule has 0 heterocycles. The first-order valence-corrected chi connectivity index (χ1v) is 24.4. The van der Waals surface area contributed by atoms with E-state index in [1.54, 1.807) is 0 Å². The molecular formula is C49H94O6. The molecule has 0 unspecified atom stereocenters. The summed E-state index contributed by atoms with van der Waals surface area (Å²) in [7, 11) is 0. The van der Waals surface area contributed by atoms with Crippen molar-refractivity contribution >= 4 is 17.9 Å². The summed E-state index contributed by atoms with van der Waals surface area (Å²) >= 11 is 0. The molecule has 0 aliphatic carbocycles. The van der Waals surface area contributed by atoms with Crippen LogP contribution in [0.2, 0.25) is 0 Å². The zero-order chi connectivity index (χ0) is 40.3. The Morgan fingerprint density at radius 2 is 0.600 bits per heavy atom. The van der Waals surface area contributed by atoms with Gasteiger partial charge >= 0.3 is 17.9 Å². The monoisotopic (exact) mass is 779 g/mol. The maximum absolute atomic E-state index is 12.7. The van der Waals surface area contributed by atoms with Gasteiger partial charge in [-0.1, -0.05) is 233 Å². The second kappa shape index (κ2) is 43.5. The molecule has 0 aliphatic heterocycles. The molecule has 6 nitrogen and oxygen atoms in total. The molecular weight excluding hydrogens is 685 g/mol. The average Bonchev–Trinajstić information content (AvgIpc) is 3.17. The molecule has 0 bridgehead atoms. The van der Waals surface area contributed by atoms with Crippen molar-refractivity contribution in [2.75, 3.05) is 13.2 Å². The Bertz CT molecular complexity index is 826. The SMILES string of the molecule is CCCCCCCCCCCCCCCCC(=O)O[C@@H](COC(=O)CCCCCCCCC)COC(=O)CCCCCCCCCCCCCCCC(C)C. The number of hydrogen-bond acceptors (Lipinski definition) is 6. The molecule has 1 atom stereocenters. The van der Waals surface area contributed by atoms with Gasteiger partial charge in [-0.25, -0.2) is 0 Å². The van der Waals surface area contributed by atoms with E-state index in [9.17, 15) is 14.4 Å². The summed E-state index contributed by atoms with van der Waals surface area (Å²) in [5.41, 5.74) is 0. The summed E-state index contributed by atoms with van der Waals surface area (Å²) in [6.07, 6.45) is 43.8. The lowest BCUT2D eigenvalue weighted by Crippen LogP contribution is -2.30. The molecule has 0 aromatic carbocycles. The van der Waals surface area contributed by atoms with Crippen LogP contribution in [0.1, 0.15) is 272 Å². The van der Waals surface area contributed by atoms with Gasteiger partial charge in [0.2, 0.25) is 0 Å². The van der Waals surface area contributed by atoms with Crippen molar-refractivity contribution in [2.45, 2.75) is 278 Å². The highest BCUT2D eigenvalue weighted by molar-refractivity contribution is 5.71. The zero-order valence-corrected chi connectivity index (χ0v) is 37.4. The normalized spacial score (nSPS) is 11.9. The molecule has 0 aromatic heterocycles. The summed E-state index contributed by atoms with van der Waals surface area (Å²) in [6.45, 7) is 8.98. The van der Waals surface area contributed by atoms with Gasteiger partial charge in [-0.05, 0) is 25.2 Å². The minimum Gasteiger partial charge on any atom is -0.462 e. The minimum atomic E-state index is -0.758. The number of carbonyl (C=O) groups is 3. The van der Waals surface area contributed by atoms with Crippen LogP contribution in [0.15, 0.2) is 0 Å². The molecule has 0 N–H and O–H groups in total. The van der Waals surface area contributed by atoms with Crippen LogP contribution >= 0.6 is 0 Å². The van der Waals surface area contributed by atoms with E-state index in [1.165, 1.54) is 167 Å². The third kappa shape index (κ3) is 43.4. The Kier molecular flexibility index (Phi) is 42.3. The summed E-state index contributed by atoms with van der Waals surface area (Å²) in [5, 5.41) is 0. The van der Waals surface area contributed by atoms with Crippen molar-refractivity contribution in [1.82, 2.24) is 0 Å². The van der Waals surface area contributed by atoms with E-state index in [0.29, 0.717) is 19.3 Å². The van der Waals surface area contributed by atoms with E-state index in [4.69, 9.17) is 14.2 Å². The van der Waals surface area contributed by atoms with E-state index >= 15 is 0 Å². The molecule has 6 heteroatoms. The lowest BCUT2D eigenvalue weighted by Gasteiger charge is -2.18. The number of rotatable bonds is 44. The van der Waals surface area contributed by atoms with Crippen molar-refractivity contribution < 1.29 is 28.6 Å². The largest absolute Gasteiger partial charge is 0.462 e. The van der Waals surface area contributed by atoms with Gasteiger partial charge in [-0.3, -0.25) is 14.4 Å². The van der Waals surface area contributed by atoms with Crippen LogP contribution in [0.4, 0.5) is 0 Å². The van der Waals surface area contributed by atoms with Gasteiger partial charge in [0.15, 0.2) is 6.10 Å². The standard InChI is InChI=1S/C49H94O6/c1-5-7-9-11-13-14-15-16-19-23-26-30-34-38-42-49(52)55-46(43-53-47(50)40-36-32-27-12-10-8-6-2)44-54-48(51)41-37-33-29-25-22-20-17-18-21-24-28-31-35-39-45(3)4/h45-46H,5-44H2,1-4H3/t46-/m0/s1. The summed E-state index contributed by atoms with van der Waals surface area (Å²) in [5.74, 6) is -0.0151. The van der Waals surface area contributed by atoms with Gasteiger partial charge in [0.25, 0.3) is 0 Å². The van der Waals surface area contributed by atoms with Crippen LogP contribution < -0.4 is 0 Å². The molecule has 0 aromatic rings. The van der Waals surface area contributed by atoms with Gasteiger partial charge < -0.3 is 14.2 Å². The summed E-state index contributed by atoms with van der Waals surface area (Å²) in [4.78, 5) is 37.7. The summed E-state index contributed by atoms with van der Waals surface area (Å²) < 4.78 is 16.7. The lowest BCUT2D eigenvalue weighted by atomic mass is 10.0. The van der Waals surface area contributed by atoms with Crippen molar-refractivity contribution in [3.05, 3.63) is 0 Å². The Labute approximate surface area is 342 Å². The van der Waals surface area contributed by atoms with Crippen LogP contribution in [0.25, 0.3) is 0 Å². The Balaban J connectivity index is 4.22. The average molecular weight is 779 g/mol. The van der Waals surface area contributed by atoms with E-state index in [0.717, 1.165) is 63.7 Å². The molecule has 0 rings (SSSR count). The topological polar surface area (TPSA) is 78.9 Å². The number of hydrogen-bond donors (Lipinski definition) is 0. The van der Waals surface area contributed by atoms with Gasteiger partial charge in [0.1, 0.15) is 13.2 Å². The fourth-order valence-electron chi connectivity index (χ4n) is 7.33. The Morgan fingerprint density at radius 1 is 0.345 bits per heavy atom. The molecule has 0 amide bonds. The highest BCUT2D eigenvalue weighted by Gasteiger charge is 2.19. The Hall–Kier alpha value is -1.59. The maximum Gasteiger partial charge on any atom is 0.306 e. The van der Waals surface area contributed by atoms with E-state index in [2.05, 4.69) is 27.7 Å². The fraction of sp³-hybridized carbons (Fsp3) is 0.939. The van der Waals surface area contributed by atoms with E-state index in [1.807, 2.05) is 0 Å². The highest BCUT2D eigenvalue weighted by Crippen LogP contribution is 2.17. The van der Waals surface area contributed by atoms with Crippen LogP contribution in [0, 0.1) is 5.92 Å². The van der Waals surface area contributed by atoms with Gasteiger partial charge in [-0.15, -0.1) is 0 Å². The van der Waals surface area contributed by atoms with Gasteiger partial charge in [-0.2, -0.15) is 0 Å². The third-order valence-corrected chi connectivity index (χ3v) is 11.0. The number of esters is 3. The van der Waals surface area contributed by atoms with Crippen LogP contribution in [-0.4, -0.2) is 37.2 Å². The first kappa shape index (κ1) is 53.4. The van der Waals surface area contributed by atoms with E-state index in [-0.39, 0.29) is 31.1 Å². The smallest absolute Gasteiger partial charge is 0.306 e. The van der Waals surface area contributed by atoms with Gasteiger partial charge in [0, 0.05) is 19.3 Å². The van der Waals surface area contributed by atoms with Crippen LogP contribution in [-0.2, 0) is 28.6 Å². The van der Waals surface area contributed by atoms with Crippen LogP contribution in [0.3, 0.4) is 0 Å². The van der Waals surface area contributed by atoms with Crippen molar-refractivity contribution in [3.8, 4) is 0 Å². The van der Waals surface area contributed by atoms with Crippen molar-refractivity contribution in [3.63, 3.8) is 0 Å². The maximum atomic E-state index is 12.7. The molecule has 0 fully saturated rings. The lowest BCUT2D eigenvalue weighted by molar-refractivity contribution is -0.167. The number of ether oxygens (including phenoxy) is 3. The number of carbonyl (C=O) groups excluding carboxylic acids is 3. The molecule has 0 spiro atoms. The van der Waals surface area contributed by atoms with Gasteiger partial charge in [0.05, 0.1) is 0 Å². The molecule has 55 heavy (non-hydrogen) atoms. The van der Waals surface area contributed by atoms with Crippen LogP contribution in [0.5, 0.6) is 0 Å². The molecule has 0 aliphatic rings. The zero-order valence-electron chi connectivity index (χ0n) is 37.4. The van der Waals surface area contributed by atoms with E-state index < -0.39 is 6.10 Å². The first-order valence-electron chi connectivity index (χ1n) is 24.4. The second-order valence-electron chi connectivity index (χ2n) is 17.2. The number of unbranched alkanes of at least 4 members (excludes halogenated alkanes) is 31. The molecule has 0 saturated carbocycles. The molecule has 0 radical (unpaired) electrons. The molecule has 0 saturated heterocycles. The first-order chi connectivity index (χ1) is 26.9. The second-order valence-corrected chi connectivity index (χ2v) is 17.2. The fourth-order valence-corrected chi connectivity index (χ4v) is 7.33. The predicted octanol–water partition coefficient (Wildman–Crippen LogP) is 15.5. The Morgan fingerprint density at radius 3 is 0.891 bits per heavy atom. The third-order valence-electron chi connectivity index (χ3n) is 11.0. The quantitative estimate of drug-likeness (QED) is 0.0348. The summed E-state index contributed by atoms with van der Waals surface area (Å²) in [6, 6.07) is 0. The van der Waals surface area contributed by atoms with Crippen molar-refractivity contribution in [2.24, 2.45) is 5.92 Å². The molecule has 326 valence electrons. The highest BCUT2D eigenvalue weighted by atomic mass is 16.6.